The molecule has 2 rings (SSSR count). The van der Waals surface area contributed by atoms with Crippen LogP contribution < -0.4 is 5.32 Å². The third-order valence-electron chi connectivity index (χ3n) is 3.52. The highest BCUT2D eigenvalue weighted by molar-refractivity contribution is 5.23. The summed E-state index contributed by atoms with van der Waals surface area (Å²) in [5.41, 5.74) is 2.58. The number of benzene rings is 1. The highest BCUT2D eigenvalue weighted by Gasteiger charge is 2.26. The Morgan fingerprint density at radius 2 is 1.94 bits per heavy atom. The second-order valence-corrected chi connectivity index (χ2v) is 4.90. The summed E-state index contributed by atoms with van der Waals surface area (Å²) in [6.07, 6.45) is 3.02. The molecule has 2 heteroatoms. The first-order valence-electron chi connectivity index (χ1n) is 6.17. The van der Waals surface area contributed by atoms with Crippen LogP contribution in [0.5, 0.6) is 0 Å². The van der Waals surface area contributed by atoms with Crippen LogP contribution in [0, 0.1) is 6.92 Å². The molecule has 2 nitrogen and oxygen atoms in total. The molecule has 0 aromatic heterocycles. The highest BCUT2D eigenvalue weighted by Crippen LogP contribution is 2.22. The molecule has 0 heterocycles. The normalized spacial score (nSPS) is 26.9. The van der Waals surface area contributed by atoms with Crippen molar-refractivity contribution in [3.05, 3.63) is 35.4 Å². The number of hydrogen-bond acceptors (Lipinski definition) is 2. The van der Waals surface area contributed by atoms with Gasteiger partial charge in [-0.05, 0) is 38.7 Å². The monoisotopic (exact) mass is 219 g/mol. The second kappa shape index (κ2) is 4.98. The molecule has 88 valence electrons. The molecule has 0 saturated heterocycles. The van der Waals surface area contributed by atoms with Gasteiger partial charge in [0.2, 0.25) is 0 Å². The van der Waals surface area contributed by atoms with Gasteiger partial charge in [0, 0.05) is 12.1 Å². The number of hydrogen-bond donors (Lipinski definition) is 2. The Labute approximate surface area is 97.7 Å². The molecular formula is C14H21NO. The first-order chi connectivity index (χ1) is 7.66. The number of aliphatic hydroxyl groups excluding tert-OH is 1. The quantitative estimate of drug-likeness (QED) is 0.819. The van der Waals surface area contributed by atoms with Crippen molar-refractivity contribution in [3.63, 3.8) is 0 Å². The minimum absolute atomic E-state index is 0.159. The van der Waals surface area contributed by atoms with Gasteiger partial charge in [-0.25, -0.2) is 0 Å². The summed E-state index contributed by atoms with van der Waals surface area (Å²) in [5.74, 6) is 0. The van der Waals surface area contributed by atoms with Gasteiger partial charge in [0.25, 0.3) is 0 Å². The van der Waals surface area contributed by atoms with Gasteiger partial charge in [0.1, 0.15) is 0 Å². The summed E-state index contributed by atoms with van der Waals surface area (Å²) in [7, 11) is 0. The van der Waals surface area contributed by atoms with Crippen molar-refractivity contribution in [3.8, 4) is 0 Å². The molecule has 1 aromatic carbocycles. The van der Waals surface area contributed by atoms with E-state index in [9.17, 15) is 5.11 Å². The molecule has 0 unspecified atom stereocenters. The van der Waals surface area contributed by atoms with Gasteiger partial charge in [-0.15, -0.1) is 0 Å². The van der Waals surface area contributed by atoms with Crippen molar-refractivity contribution < 1.29 is 5.11 Å². The van der Waals surface area contributed by atoms with Crippen LogP contribution in [0.25, 0.3) is 0 Å². The average Bonchev–Trinajstić information content (AvgIpc) is 2.65. The molecule has 0 bridgehead atoms. The molecule has 1 aromatic rings. The van der Waals surface area contributed by atoms with Crippen molar-refractivity contribution in [2.45, 2.75) is 51.3 Å². The first kappa shape index (κ1) is 11.6. The van der Waals surface area contributed by atoms with E-state index < -0.39 is 0 Å². The molecule has 1 aliphatic rings. The maximum absolute atomic E-state index is 9.77. The van der Waals surface area contributed by atoms with Gasteiger partial charge in [-0.1, -0.05) is 29.8 Å². The Morgan fingerprint density at radius 3 is 2.50 bits per heavy atom. The Hall–Kier alpha value is -0.860. The fourth-order valence-corrected chi connectivity index (χ4v) is 2.41. The third-order valence-corrected chi connectivity index (χ3v) is 3.52. The number of rotatable bonds is 3. The van der Waals surface area contributed by atoms with Gasteiger partial charge >= 0.3 is 0 Å². The fraction of sp³-hybridized carbons (Fsp3) is 0.571. The molecule has 0 radical (unpaired) electrons. The van der Waals surface area contributed by atoms with E-state index in [-0.39, 0.29) is 12.1 Å². The van der Waals surface area contributed by atoms with E-state index in [0.29, 0.717) is 6.04 Å². The smallest absolute Gasteiger partial charge is 0.0693 e. The van der Waals surface area contributed by atoms with E-state index in [0.717, 1.165) is 19.3 Å². The Bertz CT molecular complexity index is 333. The lowest BCUT2D eigenvalue weighted by atomic mass is 10.0. The van der Waals surface area contributed by atoms with Crippen molar-refractivity contribution in [2.75, 3.05) is 0 Å². The predicted molar refractivity (Wildman–Crippen MR) is 66.4 cm³/mol. The molecule has 1 aliphatic carbocycles. The predicted octanol–water partition coefficient (Wildman–Crippen LogP) is 2.56. The van der Waals surface area contributed by atoms with Gasteiger partial charge in [-0.3, -0.25) is 0 Å². The molecular weight excluding hydrogens is 198 g/mol. The zero-order valence-electron chi connectivity index (χ0n) is 10.1. The van der Waals surface area contributed by atoms with Crippen LogP contribution in [0.15, 0.2) is 24.3 Å². The van der Waals surface area contributed by atoms with Crippen LogP contribution >= 0.6 is 0 Å². The van der Waals surface area contributed by atoms with Gasteiger partial charge in [-0.2, -0.15) is 0 Å². The number of aliphatic hydroxyl groups is 1. The largest absolute Gasteiger partial charge is 0.392 e. The zero-order valence-corrected chi connectivity index (χ0v) is 10.1. The summed E-state index contributed by atoms with van der Waals surface area (Å²) in [6, 6.07) is 9.19. The Morgan fingerprint density at radius 1 is 1.25 bits per heavy atom. The Kier molecular flexibility index (Phi) is 3.62. The van der Waals surface area contributed by atoms with E-state index in [1.165, 1.54) is 11.1 Å². The van der Waals surface area contributed by atoms with Gasteiger partial charge in [0.15, 0.2) is 0 Å². The summed E-state index contributed by atoms with van der Waals surface area (Å²) in [4.78, 5) is 0. The third kappa shape index (κ3) is 2.63. The number of nitrogens with one attached hydrogen (secondary N) is 1. The van der Waals surface area contributed by atoms with E-state index in [2.05, 4.69) is 43.4 Å². The maximum Gasteiger partial charge on any atom is 0.0693 e. The van der Waals surface area contributed by atoms with Gasteiger partial charge in [0.05, 0.1) is 6.10 Å². The molecule has 0 amide bonds. The van der Waals surface area contributed by atoms with Crippen LogP contribution in [0.4, 0.5) is 0 Å². The lowest BCUT2D eigenvalue weighted by Gasteiger charge is -2.22. The van der Waals surface area contributed by atoms with Crippen molar-refractivity contribution >= 4 is 0 Å². The number of aryl methyl sites for hydroxylation is 1. The lowest BCUT2D eigenvalue weighted by Crippen LogP contribution is -2.37. The first-order valence-corrected chi connectivity index (χ1v) is 6.17. The summed E-state index contributed by atoms with van der Waals surface area (Å²) in [6.45, 7) is 4.26. The minimum atomic E-state index is -0.159. The topological polar surface area (TPSA) is 32.3 Å². The molecule has 0 aliphatic heterocycles. The van der Waals surface area contributed by atoms with Crippen LogP contribution in [0.2, 0.25) is 0 Å². The molecule has 16 heavy (non-hydrogen) atoms. The van der Waals surface area contributed by atoms with E-state index >= 15 is 0 Å². The van der Waals surface area contributed by atoms with E-state index in [1.807, 2.05) is 0 Å². The highest BCUT2D eigenvalue weighted by atomic mass is 16.3. The van der Waals surface area contributed by atoms with E-state index in [1.54, 1.807) is 0 Å². The van der Waals surface area contributed by atoms with Crippen molar-refractivity contribution in [1.29, 1.82) is 0 Å². The van der Waals surface area contributed by atoms with E-state index in [4.69, 9.17) is 0 Å². The zero-order chi connectivity index (χ0) is 11.5. The average molecular weight is 219 g/mol. The molecule has 2 N–H and O–H groups in total. The van der Waals surface area contributed by atoms with Crippen LogP contribution in [-0.2, 0) is 0 Å². The fourth-order valence-electron chi connectivity index (χ4n) is 2.41. The Balaban J connectivity index is 1.97. The molecule has 1 saturated carbocycles. The summed E-state index contributed by atoms with van der Waals surface area (Å²) >= 11 is 0. The summed E-state index contributed by atoms with van der Waals surface area (Å²) in [5, 5.41) is 13.3. The van der Waals surface area contributed by atoms with Gasteiger partial charge < -0.3 is 10.4 Å². The minimum Gasteiger partial charge on any atom is -0.392 e. The second-order valence-electron chi connectivity index (χ2n) is 4.90. The van der Waals surface area contributed by atoms with Crippen LogP contribution in [0.3, 0.4) is 0 Å². The molecule has 1 fully saturated rings. The maximum atomic E-state index is 9.77. The summed E-state index contributed by atoms with van der Waals surface area (Å²) < 4.78 is 0. The van der Waals surface area contributed by atoms with Crippen LogP contribution in [-0.4, -0.2) is 17.3 Å². The standard InChI is InChI=1S/C14H21NO/c1-10-6-8-12(9-7-10)11(2)15-13-4-3-5-14(13)16/h6-9,11,13-16H,3-5H2,1-2H3/t11-,13-,14-/m0/s1. The van der Waals surface area contributed by atoms with Crippen molar-refractivity contribution in [2.24, 2.45) is 0 Å². The lowest BCUT2D eigenvalue weighted by molar-refractivity contribution is 0.144. The van der Waals surface area contributed by atoms with Crippen molar-refractivity contribution in [1.82, 2.24) is 5.32 Å². The van der Waals surface area contributed by atoms with Crippen LogP contribution in [0.1, 0.15) is 43.4 Å². The molecule has 3 atom stereocenters. The SMILES string of the molecule is Cc1ccc([C@H](C)N[C@H]2CCC[C@@H]2O)cc1. The molecule has 0 spiro atoms.